The van der Waals surface area contributed by atoms with E-state index in [-0.39, 0.29) is 18.2 Å². The lowest BCUT2D eigenvalue weighted by atomic mass is 10.1. The van der Waals surface area contributed by atoms with Crippen LogP contribution in [-0.2, 0) is 20.7 Å². The van der Waals surface area contributed by atoms with Crippen LogP contribution < -0.4 is 10.6 Å². The highest BCUT2D eigenvalue weighted by atomic mass is 32.1. The molecule has 0 radical (unpaired) electrons. The van der Waals surface area contributed by atoms with Crippen molar-refractivity contribution in [1.82, 2.24) is 24.3 Å². The molecular formula is C38H39N7O4S. The van der Waals surface area contributed by atoms with Gasteiger partial charge in [-0.15, -0.1) is 11.3 Å². The van der Waals surface area contributed by atoms with Gasteiger partial charge in [0.1, 0.15) is 5.69 Å². The van der Waals surface area contributed by atoms with E-state index < -0.39 is 0 Å². The highest BCUT2D eigenvalue weighted by Gasteiger charge is 2.20. The lowest BCUT2D eigenvalue weighted by Gasteiger charge is -2.23. The molecule has 0 unspecified atom stereocenters. The minimum absolute atomic E-state index is 0.0968. The number of nitrogens with one attached hydrogen (secondary N) is 2. The van der Waals surface area contributed by atoms with Crippen LogP contribution in [0.15, 0.2) is 103 Å². The average molecular weight is 690 g/mol. The van der Waals surface area contributed by atoms with Gasteiger partial charge in [0.2, 0.25) is 11.9 Å². The van der Waals surface area contributed by atoms with Crippen molar-refractivity contribution in [2.75, 3.05) is 50.2 Å². The van der Waals surface area contributed by atoms with Crippen LogP contribution in [0.5, 0.6) is 0 Å². The number of thiazole rings is 1. The zero-order valence-electron chi connectivity index (χ0n) is 28.0. The molecule has 11 nitrogen and oxygen atoms in total. The molecule has 3 aromatic carbocycles. The van der Waals surface area contributed by atoms with Gasteiger partial charge in [0.15, 0.2) is 4.96 Å². The molecule has 0 bridgehead atoms. The number of carbonyl (C=O) groups is 2. The van der Waals surface area contributed by atoms with Gasteiger partial charge in [0.05, 0.1) is 31.0 Å². The zero-order valence-corrected chi connectivity index (χ0v) is 28.9. The zero-order chi connectivity index (χ0) is 34.7. The van der Waals surface area contributed by atoms with Crippen molar-refractivity contribution < 1.29 is 19.1 Å². The molecule has 0 spiro atoms. The Bertz CT molecular complexity index is 2040. The van der Waals surface area contributed by atoms with Gasteiger partial charge in [-0.05, 0) is 55.8 Å². The Balaban J connectivity index is 1.23. The van der Waals surface area contributed by atoms with Gasteiger partial charge < -0.3 is 25.0 Å². The summed E-state index contributed by atoms with van der Waals surface area (Å²) in [4.78, 5) is 43.2. The summed E-state index contributed by atoms with van der Waals surface area (Å²) in [6, 6.07) is 26.5. The van der Waals surface area contributed by atoms with E-state index in [0.717, 1.165) is 27.5 Å². The summed E-state index contributed by atoms with van der Waals surface area (Å²) in [5.41, 5.74) is 5.86. The maximum atomic E-state index is 13.5. The molecule has 0 aliphatic heterocycles. The first-order valence-corrected chi connectivity index (χ1v) is 17.5. The Hall–Kier alpha value is -5.43. The number of fused-ring (bicyclic) bond motifs is 1. The predicted octanol–water partition coefficient (Wildman–Crippen LogP) is 6.96. The van der Waals surface area contributed by atoms with E-state index >= 15 is 0 Å². The quantitative estimate of drug-likeness (QED) is 0.105. The highest BCUT2D eigenvalue weighted by Crippen LogP contribution is 2.35. The molecule has 2 N–H and O–H groups in total. The van der Waals surface area contributed by atoms with Crippen molar-refractivity contribution in [3.8, 4) is 22.6 Å². The van der Waals surface area contributed by atoms with Gasteiger partial charge in [0, 0.05) is 66.6 Å². The van der Waals surface area contributed by atoms with Crippen LogP contribution in [0.3, 0.4) is 0 Å². The monoisotopic (exact) mass is 689 g/mol. The normalized spacial score (nSPS) is 11.1. The van der Waals surface area contributed by atoms with Crippen molar-refractivity contribution in [2.45, 2.75) is 20.3 Å². The van der Waals surface area contributed by atoms with Crippen LogP contribution in [0.25, 0.3) is 27.6 Å². The fourth-order valence-electron chi connectivity index (χ4n) is 5.51. The Morgan fingerprint density at radius 1 is 0.860 bits per heavy atom. The van der Waals surface area contributed by atoms with Gasteiger partial charge in [-0.1, -0.05) is 48.5 Å². The van der Waals surface area contributed by atoms with E-state index in [4.69, 9.17) is 19.4 Å². The standard InChI is InChI=1S/C38H39N7O4S/c1-3-48-21-18-44(19-22-49-4-2)36(47)29-13-9-15-31(26-29)41-37-39-17-16-32(42-37)35-34(43-38-45(35)20-23-50-38)28-12-8-14-30(25-28)40-33(46)24-27-10-6-5-7-11-27/h5-17,20,23,25-26H,3-4,18-19,21-22,24H2,1-2H3,(H,40,46)(H,39,41,42). The predicted molar refractivity (Wildman–Crippen MR) is 197 cm³/mol. The van der Waals surface area contributed by atoms with Crippen LogP contribution in [0, 0.1) is 0 Å². The summed E-state index contributed by atoms with van der Waals surface area (Å²) in [7, 11) is 0. The van der Waals surface area contributed by atoms with Crippen molar-refractivity contribution in [2.24, 2.45) is 0 Å². The molecule has 6 aromatic rings. The number of aromatic nitrogens is 4. The molecule has 2 amide bonds. The largest absolute Gasteiger partial charge is 0.380 e. The first kappa shape index (κ1) is 34.4. The third kappa shape index (κ3) is 8.58. The summed E-state index contributed by atoms with van der Waals surface area (Å²) >= 11 is 1.52. The molecule has 3 heterocycles. The van der Waals surface area contributed by atoms with E-state index in [1.165, 1.54) is 11.3 Å². The summed E-state index contributed by atoms with van der Waals surface area (Å²) in [5.74, 6) is 0.167. The number of rotatable bonds is 16. The minimum atomic E-state index is -0.107. The summed E-state index contributed by atoms with van der Waals surface area (Å²) in [6.45, 7) is 6.88. The number of ether oxygens (including phenoxy) is 2. The maximum absolute atomic E-state index is 13.5. The third-order valence-corrected chi connectivity index (χ3v) is 8.62. The van der Waals surface area contributed by atoms with Gasteiger partial charge in [0.25, 0.3) is 5.91 Å². The molecular weight excluding hydrogens is 651 g/mol. The number of carbonyl (C=O) groups excluding carboxylic acids is 2. The summed E-state index contributed by atoms with van der Waals surface area (Å²) < 4.78 is 13.0. The number of imidazole rings is 1. The van der Waals surface area contributed by atoms with Crippen molar-refractivity contribution in [3.63, 3.8) is 0 Å². The minimum Gasteiger partial charge on any atom is -0.380 e. The summed E-state index contributed by atoms with van der Waals surface area (Å²) in [6.07, 6.45) is 3.94. The van der Waals surface area contributed by atoms with E-state index in [2.05, 4.69) is 15.6 Å². The van der Waals surface area contributed by atoms with Crippen molar-refractivity contribution in [3.05, 3.63) is 114 Å². The van der Waals surface area contributed by atoms with Crippen LogP contribution >= 0.6 is 11.3 Å². The third-order valence-electron chi connectivity index (χ3n) is 7.86. The van der Waals surface area contributed by atoms with E-state index in [9.17, 15) is 9.59 Å². The second-order valence-corrected chi connectivity index (χ2v) is 12.2. The molecule has 0 atom stereocenters. The topological polar surface area (TPSA) is 123 Å². The number of anilines is 3. The molecule has 6 rings (SSSR count). The van der Waals surface area contributed by atoms with Gasteiger partial charge in [-0.3, -0.25) is 14.0 Å². The lowest BCUT2D eigenvalue weighted by molar-refractivity contribution is -0.115. The van der Waals surface area contributed by atoms with Crippen LogP contribution in [0.4, 0.5) is 17.3 Å². The summed E-state index contributed by atoms with van der Waals surface area (Å²) in [5, 5.41) is 8.28. The Kier molecular flexibility index (Phi) is 11.6. The van der Waals surface area contributed by atoms with Gasteiger partial charge in [-0.2, -0.15) is 0 Å². The maximum Gasteiger partial charge on any atom is 0.254 e. The molecule has 256 valence electrons. The number of benzene rings is 3. The number of amides is 2. The molecule has 3 aromatic heterocycles. The number of nitrogens with zero attached hydrogens (tertiary/aromatic N) is 5. The number of hydrogen-bond donors (Lipinski definition) is 2. The van der Waals surface area contributed by atoms with Crippen molar-refractivity contribution in [1.29, 1.82) is 0 Å². The second kappa shape index (κ2) is 16.8. The van der Waals surface area contributed by atoms with Crippen LogP contribution in [0.1, 0.15) is 29.8 Å². The molecule has 50 heavy (non-hydrogen) atoms. The van der Waals surface area contributed by atoms with E-state index in [1.807, 2.05) is 103 Å². The number of hydrogen-bond acceptors (Lipinski definition) is 9. The smallest absolute Gasteiger partial charge is 0.254 e. The van der Waals surface area contributed by atoms with Crippen molar-refractivity contribution >= 4 is 45.4 Å². The first-order valence-electron chi connectivity index (χ1n) is 16.6. The Morgan fingerprint density at radius 3 is 2.40 bits per heavy atom. The SMILES string of the molecule is CCOCCN(CCOCC)C(=O)c1cccc(Nc2nccc(-c3c(-c4cccc(NC(=O)Cc5ccccc5)c4)nc4sccn34)n2)c1. The van der Waals surface area contributed by atoms with E-state index in [0.29, 0.717) is 68.1 Å². The molecule has 12 heteroatoms. The molecule has 0 fully saturated rings. The van der Waals surface area contributed by atoms with Gasteiger partial charge in [-0.25, -0.2) is 15.0 Å². The highest BCUT2D eigenvalue weighted by molar-refractivity contribution is 7.15. The fraction of sp³-hybridized carbons (Fsp3) is 0.237. The van der Waals surface area contributed by atoms with Crippen LogP contribution in [-0.4, -0.2) is 75.6 Å². The first-order chi connectivity index (χ1) is 24.5. The van der Waals surface area contributed by atoms with Gasteiger partial charge >= 0.3 is 0 Å². The second-order valence-electron chi connectivity index (χ2n) is 11.3. The van der Waals surface area contributed by atoms with E-state index in [1.54, 1.807) is 23.2 Å². The lowest BCUT2D eigenvalue weighted by Crippen LogP contribution is -2.36. The average Bonchev–Trinajstić information content (AvgIpc) is 3.74. The Labute approximate surface area is 295 Å². The molecule has 0 saturated carbocycles. The van der Waals surface area contributed by atoms with Crippen LogP contribution in [0.2, 0.25) is 0 Å². The molecule has 0 saturated heterocycles. The molecule has 0 aliphatic carbocycles. The Morgan fingerprint density at radius 2 is 1.62 bits per heavy atom. The fourth-order valence-corrected chi connectivity index (χ4v) is 6.22. The molecule has 0 aliphatic rings.